The Morgan fingerprint density at radius 2 is 1.88 bits per heavy atom. The number of hydrogen-bond acceptors (Lipinski definition) is 4. The Bertz CT molecular complexity index is 641. The number of urea groups is 1. The van der Waals surface area contributed by atoms with Crippen molar-refractivity contribution in [3.05, 3.63) is 35.4 Å². The summed E-state index contributed by atoms with van der Waals surface area (Å²) < 4.78 is 0. The van der Waals surface area contributed by atoms with Crippen LogP contribution in [0.3, 0.4) is 0 Å². The van der Waals surface area contributed by atoms with Crippen LogP contribution in [0.4, 0.5) is 4.79 Å². The third kappa shape index (κ3) is 3.70. The van der Waals surface area contributed by atoms with Gasteiger partial charge in [0.05, 0.1) is 0 Å². The molecule has 1 unspecified atom stereocenters. The zero-order chi connectivity index (χ0) is 18.0. The molecule has 2 N–H and O–H groups in total. The lowest BCUT2D eigenvalue weighted by Gasteiger charge is -2.37. The monoisotopic (exact) mass is 344 g/mol. The maximum atomic E-state index is 12.3. The molecular weight excluding hydrogens is 316 g/mol. The average molecular weight is 344 g/mol. The molecule has 0 bridgehead atoms. The fraction of sp³-hybridized carbons (Fsp3) is 0.579. The van der Waals surface area contributed by atoms with E-state index in [0.717, 1.165) is 26.1 Å². The third-order valence-electron chi connectivity index (χ3n) is 5.18. The van der Waals surface area contributed by atoms with Crippen molar-refractivity contribution in [1.29, 1.82) is 0 Å². The highest BCUT2D eigenvalue weighted by Crippen LogP contribution is 2.23. The standard InChI is InChI=1S/C19H28N4O2/c1-4-14-5-7-15(8-6-14)16-13-20-9-10-22(16)11-12-23-17(24)19(2,3)21-18(23)25/h5-8,16,20H,4,9-13H2,1-3H3,(H,21,25). The molecule has 3 rings (SSSR count). The second-order valence-corrected chi connectivity index (χ2v) is 7.36. The van der Waals surface area contributed by atoms with Crippen LogP contribution in [-0.2, 0) is 11.2 Å². The van der Waals surface area contributed by atoms with Crippen LogP contribution in [0.25, 0.3) is 0 Å². The number of aryl methyl sites for hydroxylation is 1. The molecular formula is C19H28N4O2. The summed E-state index contributed by atoms with van der Waals surface area (Å²) >= 11 is 0. The molecule has 1 atom stereocenters. The van der Waals surface area contributed by atoms with Crippen molar-refractivity contribution in [3.63, 3.8) is 0 Å². The van der Waals surface area contributed by atoms with E-state index >= 15 is 0 Å². The molecule has 0 radical (unpaired) electrons. The summed E-state index contributed by atoms with van der Waals surface area (Å²) in [5.74, 6) is -0.142. The zero-order valence-corrected chi connectivity index (χ0v) is 15.3. The molecule has 1 aromatic rings. The first-order valence-corrected chi connectivity index (χ1v) is 9.10. The summed E-state index contributed by atoms with van der Waals surface area (Å²) in [6, 6.07) is 8.74. The number of hydrogen-bond donors (Lipinski definition) is 2. The van der Waals surface area contributed by atoms with Gasteiger partial charge in [0.25, 0.3) is 5.91 Å². The molecule has 2 aliphatic rings. The first-order valence-electron chi connectivity index (χ1n) is 9.10. The number of piperazine rings is 1. The van der Waals surface area contributed by atoms with Gasteiger partial charge in [-0.1, -0.05) is 31.2 Å². The van der Waals surface area contributed by atoms with Crippen molar-refractivity contribution >= 4 is 11.9 Å². The molecule has 0 aromatic heterocycles. The SMILES string of the molecule is CCc1ccc(C2CNCCN2CCN2C(=O)NC(C)(C)C2=O)cc1. The molecule has 0 aliphatic carbocycles. The third-order valence-corrected chi connectivity index (χ3v) is 5.18. The van der Waals surface area contributed by atoms with Gasteiger partial charge in [-0.05, 0) is 31.4 Å². The van der Waals surface area contributed by atoms with Gasteiger partial charge in [0, 0.05) is 38.8 Å². The number of nitrogens with one attached hydrogen (secondary N) is 2. The van der Waals surface area contributed by atoms with Gasteiger partial charge < -0.3 is 10.6 Å². The van der Waals surface area contributed by atoms with Crippen molar-refractivity contribution in [3.8, 4) is 0 Å². The minimum atomic E-state index is -0.796. The molecule has 2 fully saturated rings. The van der Waals surface area contributed by atoms with Crippen LogP contribution in [-0.4, -0.2) is 60.0 Å². The molecule has 2 saturated heterocycles. The highest BCUT2D eigenvalue weighted by atomic mass is 16.2. The van der Waals surface area contributed by atoms with Crippen molar-refractivity contribution in [2.24, 2.45) is 0 Å². The van der Waals surface area contributed by atoms with E-state index in [4.69, 9.17) is 0 Å². The largest absolute Gasteiger partial charge is 0.325 e. The average Bonchev–Trinajstić information content (AvgIpc) is 2.81. The summed E-state index contributed by atoms with van der Waals surface area (Å²) in [4.78, 5) is 28.1. The summed E-state index contributed by atoms with van der Waals surface area (Å²) in [6.07, 6.45) is 1.04. The van der Waals surface area contributed by atoms with Crippen LogP contribution in [0.2, 0.25) is 0 Å². The van der Waals surface area contributed by atoms with Gasteiger partial charge in [-0.25, -0.2) is 4.79 Å². The van der Waals surface area contributed by atoms with Crippen LogP contribution in [0.5, 0.6) is 0 Å². The van der Waals surface area contributed by atoms with Gasteiger partial charge in [0.2, 0.25) is 0 Å². The summed E-state index contributed by atoms with van der Waals surface area (Å²) in [6.45, 7) is 9.49. The Labute approximate surface area is 149 Å². The van der Waals surface area contributed by atoms with Crippen molar-refractivity contribution in [2.45, 2.75) is 38.8 Å². The fourth-order valence-corrected chi connectivity index (χ4v) is 3.57. The predicted octanol–water partition coefficient (Wildman–Crippen LogP) is 1.53. The number of amides is 3. The molecule has 2 heterocycles. The van der Waals surface area contributed by atoms with Crippen LogP contribution >= 0.6 is 0 Å². The van der Waals surface area contributed by atoms with Gasteiger partial charge in [0.1, 0.15) is 5.54 Å². The number of carbonyl (C=O) groups is 2. The Hall–Kier alpha value is -1.92. The molecule has 25 heavy (non-hydrogen) atoms. The predicted molar refractivity (Wildman–Crippen MR) is 97.3 cm³/mol. The van der Waals surface area contributed by atoms with Gasteiger partial charge in [-0.2, -0.15) is 0 Å². The van der Waals surface area contributed by atoms with Gasteiger partial charge in [-0.3, -0.25) is 14.6 Å². The highest BCUT2D eigenvalue weighted by Gasteiger charge is 2.44. The maximum Gasteiger partial charge on any atom is 0.325 e. The van der Waals surface area contributed by atoms with Gasteiger partial charge >= 0.3 is 6.03 Å². The smallest absolute Gasteiger partial charge is 0.324 e. The topological polar surface area (TPSA) is 64.7 Å². The summed E-state index contributed by atoms with van der Waals surface area (Å²) in [5, 5.41) is 6.19. The minimum absolute atomic E-state index is 0.142. The Morgan fingerprint density at radius 1 is 1.16 bits per heavy atom. The van der Waals surface area contributed by atoms with Crippen molar-refractivity contribution in [1.82, 2.24) is 20.4 Å². The lowest BCUT2D eigenvalue weighted by atomic mass is 10.0. The molecule has 6 nitrogen and oxygen atoms in total. The Kier molecular flexibility index (Phi) is 5.11. The van der Waals surface area contributed by atoms with Gasteiger partial charge in [-0.15, -0.1) is 0 Å². The highest BCUT2D eigenvalue weighted by molar-refractivity contribution is 6.06. The molecule has 1 aromatic carbocycles. The minimum Gasteiger partial charge on any atom is -0.324 e. The molecule has 6 heteroatoms. The fourth-order valence-electron chi connectivity index (χ4n) is 3.57. The van der Waals surface area contributed by atoms with Crippen LogP contribution in [0.1, 0.15) is 37.9 Å². The lowest BCUT2D eigenvalue weighted by Crippen LogP contribution is -2.49. The van der Waals surface area contributed by atoms with E-state index in [1.54, 1.807) is 13.8 Å². The van der Waals surface area contributed by atoms with E-state index in [9.17, 15) is 9.59 Å². The summed E-state index contributed by atoms with van der Waals surface area (Å²) in [5.41, 5.74) is 1.82. The maximum absolute atomic E-state index is 12.3. The number of carbonyl (C=O) groups excluding carboxylic acids is 2. The normalized spacial score (nSPS) is 23.8. The molecule has 2 aliphatic heterocycles. The number of benzene rings is 1. The first-order chi connectivity index (χ1) is 11.9. The number of rotatable bonds is 5. The molecule has 0 spiro atoms. The van der Waals surface area contributed by atoms with E-state index in [-0.39, 0.29) is 18.0 Å². The van der Waals surface area contributed by atoms with E-state index in [1.165, 1.54) is 16.0 Å². The van der Waals surface area contributed by atoms with E-state index in [2.05, 4.69) is 46.7 Å². The van der Waals surface area contributed by atoms with E-state index < -0.39 is 5.54 Å². The lowest BCUT2D eigenvalue weighted by molar-refractivity contribution is -0.130. The number of nitrogens with zero attached hydrogens (tertiary/aromatic N) is 2. The molecule has 136 valence electrons. The Balaban J connectivity index is 1.67. The summed E-state index contributed by atoms with van der Waals surface area (Å²) in [7, 11) is 0. The second-order valence-electron chi connectivity index (χ2n) is 7.36. The van der Waals surface area contributed by atoms with Crippen LogP contribution in [0.15, 0.2) is 24.3 Å². The van der Waals surface area contributed by atoms with Crippen LogP contribution in [0, 0.1) is 0 Å². The first kappa shape index (κ1) is 17.9. The quantitative estimate of drug-likeness (QED) is 0.795. The molecule has 0 saturated carbocycles. The van der Waals surface area contributed by atoms with Crippen LogP contribution < -0.4 is 10.6 Å². The second kappa shape index (κ2) is 7.14. The van der Waals surface area contributed by atoms with E-state index in [0.29, 0.717) is 13.1 Å². The Morgan fingerprint density at radius 3 is 2.48 bits per heavy atom. The van der Waals surface area contributed by atoms with Crippen molar-refractivity contribution < 1.29 is 9.59 Å². The zero-order valence-electron chi connectivity index (χ0n) is 15.3. The number of imide groups is 1. The van der Waals surface area contributed by atoms with Crippen molar-refractivity contribution in [2.75, 3.05) is 32.7 Å². The van der Waals surface area contributed by atoms with E-state index in [1.807, 2.05) is 0 Å². The van der Waals surface area contributed by atoms with Gasteiger partial charge in [0.15, 0.2) is 0 Å². The molecule has 3 amide bonds.